The van der Waals surface area contributed by atoms with Gasteiger partial charge in [-0.25, -0.2) is 0 Å². The molecule has 330 valence electrons. The summed E-state index contributed by atoms with van der Waals surface area (Å²) in [6.45, 7) is 0. The molecule has 2 nitrogen and oxygen atoms in total. The summed E-state index contributed by atoms with van der Waals surface area (Å²) in [5.74, 6) is 0. The lowest BCUT2D eigenvalue weighted by Gasteiger charge is -2.40. The molecular weight excluding hydrogens is 857 g/mol. The predicted octanol–water partition coefficient (Wildman–Crippen LogP) is 18.2. The second kappa shape index (κ2) is 15.4. The van der Waals surface area contributed by atoms with E-state index >= 15 is 0 Å². The number of hydrogen-bond donors (Lipinski definition) is 0. The average Bonchev–Trinajstić information content (AvgIpc) is 3.93. The van der Waals surface area contributed by atoms with Gasteiger partial charge in [0.1, 0.15) is 0 Å². The van der Waals surface area contributed by atoms with E-state index in [1.165, 1.54) is 110 Å². The van der Waals surface area contributed by atoms with Crippen LogP contribution in [0.5, 0.6) is 0 Å². The van der Waals surface area contributed by atoms with E-state index in [1.54, 1.807) is 0 Å². The Balaban J connectivity index is 0.999. The van der Waals surface area contributed by atoms with Crippen LogP contribution in [0.25, 0.3) is 93.5 Å². The van der Waals surface area contributed by atoms with Crippen LogP contribution in [0.1, 0.15) is 22.3 Å². The van der Waals surface area contributed by atoms with Crippen molar-refractivity contribution in [3.63, 3.8) is 0 Å². The zero-order valence-corrected chi connectivity index (χ0v) is 38.8. The van der Waals surface area contributed by atoms with Crippen molar-refractivity contribution in [3.8, 4) is 50.2 Å². The van der Waals surface area contributed by atoms with Gasteiger partial charge in [0, 0.05) is 27.7 Å². The molecule has 2 aliphatic rings. The lowest BCUT2D eigenvalue weighted by molar-refractivity contribution is 0.748. The third-order valence-electron chi connectivity index (χ3n) is 15.6. The summed E-state index contributed by atoms with van der Waals surface area (Å²) < 4.78 is 2.53. The van der Waals surface area contributed by atoms with E-state index in [9.17, 15) is 0 Å². The molecule has 1 unspecified atom stereocenters. The smallest absolute Gasteiger partial charge is 0.0755 e. The van der Waals surface area contributed by atoms with Gasteiger partial charge in [-0.3, -0.25) is 0 Å². The number of aromatic nitrogens is 1. The zero-order valence-electron chi connectivity index (χ0n) is 38.8. The summed E-state index contributed by atoms with van der Waals surface area (Å²) in [5.41, 5.74) is 21.4. The van der Waals surface area contributed by atoms with Crippen molar-refractivity contribution in [2.24, 2.45) is 0 Å². The molecule has 0 saturated heterocycles. The van der Waals surface area contributed by atoms with Gasteiger partial charge in [-0.05, 0) is 125 Å². The van der Waals surface area contributed by atoms with Crippen molar-refractivity contribution in [1.29, 1.82) is 0 Å². The minimum absolute atomic E-state index is 0.590. The van der Waals surface area contributed by atoms with E-state index in [0.29, 0.717) is 0 Å². The molecule has 0 radical (unpaired) electrons. The van der Waals surface area contributed by atoms with Crippen molar-refractivity contribution in [3.05, 3.63) is 289 Å². The van der Waals surface area contributed by atoms with Crippen molar-refractivity contribution in [2.75, 3.05) is 4.90 Å². The Bertz CT molecular complexity index is 4300. The van der Waals surface area contributed by atoms with Gasteiger partial charge in [0.15, 0.2) is 0 Å². The number of benzene rings is 12. The highest BCUT2D eigenvalue weighted by Gasteiger charge is 2.51. The molecule has 2 heterocycles. The normalized spacial score (nSPS) is 14.3. The SMILES string of the molecule is c1ccc(-c2cccc3ccccc23)c(-c2ccccc2N(c2ccc(-c3cccc4ccccc34)cc2)c2ccc3c(c2)C2(c4ccccc4-3)c3ccccc3-n3c4ccccc4c4cccc2c43)c1. The topological polar surface area (TPSA) is 8.17 Å². The molecule has 13 aromatic rings. The molecule has 0 saturated carbocycles. The molecule has 1 atom stereocenters. The number of fused-ring (bicyclic) bond motifs is 14. The summed E-state index contributed by atoms with van der Waals surface area (Å²) in [6, 6.07) is 99.3. The lowest BCUT2D eigenvalue weighted by atomic mass is 9.65. The maximum Gasteiger partial charge on any atom is 0.0755 e. The standard InChI is InChI=1S/C69H44N2/c1-3-22-50-45(18-1)20-15-29-51(50)47-38-40-48(41-39-47)70(65-35-12-8-27-58(65)55-25-6-5-24-54(55)53-30-16-21-46-19-2-4-23-52(46)53)49-42-43-57-56-26-7-10-32-61(56)69(64(57)44-49)62-33-11-14-37-67(62)71-66-36-13-9-28-59(66)60-31-17-34-63(69)68(60)71/h1-44H. The average molecular weight is 901 g/mol. The van der Waals surface area contributed by atoms with E-state index < -0.39 is 5.41 Å². The maximum absolute atomic E-state index is 2.53. The third-order valence-corrected chi connectivity index (χ3v) is 15.6. The fourth-order valence-corrected chi connectivity index (χ4v) is 12.7. The highest BCUT2D eigenvalue weighted by atomic mass is 15.1. The van der Waals surface area contributed by atoms with E-state index in [4.69, 9.17) is 0 Å². The lowest BCUT2D eigenvalue weighted by Crippen LogP contribution is -2.33. The van der Waals surface area contributed by atoms with E-state index in [-0.39, 0.29) is 0 Å². The van der Waals surface area contributed by atoms with Crippen LogP contribution in [-0.4, -0.2) is 4.57 Å². The van der Waals surface area contributed by atoms with Gasteiger partial charge in [-0.1, -0.05) is 224 Å². The number of rotatable bonds is 6. The van der Waals surface area contributed by atoms with Crippen LogP contribution in [0.4, 0.5) is 17.1 Å². The number of anilines is 3. The van der Waals surface area contributed by atoms with E-state index in [0.717, 1.165) is 22.6 Å². The van der Waals surface area contributed by atoms with Gasteiger partial charge in [0.2, 0.25) is 0 Å². The molecule has 71 heavy (non-hydrogen) atoms. The highest BCUT2D eigenvalue weighted by Crippen LogP contribution is 2.62. The minimum atomic E-state index is -0.590. The molecular formula is C69H44N2. The maximum atomic E-state index is 2.53. The summed E-state index contributed by atoms with van der Waals surface area (Å²) in [4.78, 5) is 2.51. The third kappa shape index (κ3) is 5.65. The molecule has 2 heteroatoms. The summed E-state index contributed by atoms with van der Waals surface area (Å²) in [6.07, 6.45) is 0. The fraction of sp³-hybridized carbons (Fsp3) is 0.0145. The van der Waals surface area contributed by atoms with Crippen LogP contribution in [0, 0.1) is 0 Å². The van der Waals surface area contributed by atoms with E-state index in [1.807, 2.05) is 0 Å². The Morgan fingerprint density at radius 2 is 0.803 bits per heavy atom. The Labute approximate surface area is 412 Å². The predicted molar refractivity (Wildman–Crippen MR) is 298 cm³/mol. The quantitative estimate of drug-likeness (QED) is 0.161. The van der Waals surface area contributed by atoms with E-state index in [2.05, 4.69) is 276 Å². The van der Waals surface area contributed by atoms with Crippen LogP contribution in [0.3, 0.4) is 0 Å². The van der Waals surface area contributed by atoms with Crippen LogP contribution >= 0.6 is 0 Å². The first-order valence-corrected chi connectivity index (χ1v) is 24.7. The Kier molecular flexibility index (Phi) is 8.61. The largest absolute Gasteiger partial charge is 0.310 e. The molecule has 1 aliphatic heterocycles. The molecule has 0 N–H and O–H groups in total. The van der Waals surface area contributed by atoms with Crippen molar-refractivity contribution >= 4 is 60.4 Å². The minimum Gasteiger partial charge on any atom is -0.310 e. The van der Waals surface area contributed by atoms with Gasteiger partial charge >= 0.3 is 0 Å². The van der Waals surface area contributed by atoms with Gasteiger partial charge in [0.25, 0.3) is 0 Å². The zero-order chi connectivity index (χ0) is 46.6. The van der Waals surface area contributed by atoms with Crippen molar-refractivity contribution in [1.82, 2.24) is 4.57 Å². The van der Waals surface area contributed by atoms with Crippen LogP contribution in [-0.2, 0) is 5.41 Å². The summed E-state index contributed by atoms with van der Waals surface area (Å²) in [7, 11) is 0. The molecule has 1 aliphatic carbocycles. The Morgan fingerprint density at radius 3 is 1.59 bits per heavy atom. The second-order valence-electron chi connectivity index (χ2n) is 19.1. The first kappa shape index (κ1) is 39.7. The van der Waals surface area contributed by atoms with Gasteiger partial charge in [0.05, 0.1) is 27.8 Å². The molecule has 12 aromatic carbocycles. The Morgan fingerprint density at radius 1 is 0.296 bits per heavy atom. The highest BCUT2D eigenvalue weighted by molar-refractivity contribution is 6.13. The molecule has 1 aromatic heterocycles. The van der Waals surface area contributed by atoms with Crippen molar-refractivity contribution in [2.45, 2.75) is 5.41 Å². The summed E-state index contributed by atoms with van der Waals surface area (Å²) >= 11 is 0. The fourth-order valence-electron chi connectivity index (χ4n) is 12.7. The molecule has 15 rings (SSSR count). The van der Waals surface area contributed by atoms with Crippen LogP contribution in [0.2, 0.25) is 0 Å². The van der Waals surface area contributed by atoms with Gasteiger partial charge < -0.3 is 9.47 Å². The second-order valence-corrected chi connectivity index (χ2v) is 19.1. The molecule has 1 spiro atoms. The molecule has 0 amide bonds. The first-order valence-electron chi connectivity index (χ1n) is 24.7. The summed E-state index contributed by atoms with van der Waals surface area (Å²) in [5, 5.41) is 7.51. The molecule has 0 bridgehead atoms. The first-order chi connectivity index (χ1) is 35.3. The molecule has 0 fully saturated rings. The number of para-hydroxylation sites is 4. The van der Waals surface area contributed by atoms with Crippen molar-refractivity contribution < 1.29 is 0 Å². The van der Waals surface area contributed by atoms with Gasteiger partial charge in [-0.15, -0.1) is 0 Å². The van der Waals surface area contributed by atoms with Crippen LogP contribution in [0.15, 0.2) is 267 Å². The van der Waals surface area contributed by atoms with Gasteiger partial charge in [-0.2, -0.15) is 0 Å². The Hall–Kier alpha value is -9.24. The number of hydrogen-bond acceptors (Lipinski definition) is 1. The number of nitrogens with zero attached hydrogens (tertiary/aromatic N) is 2. The monoisotopic (exact) mass is 900 g/mol. The van der Waals surface area contributed by atoms with Crippen LogP contribution < -0.4 is 4.90 Å².